The first-order valence-corrected chi connectivity index (χ1v) is 10.5. The van der Waals surface area contributed by atoms with Crippen LogP contribution in [0.15, 0.2) is 42.6 Å². The molecular weight excluding hydrogens is 368 g/mol. The molecule has 3 aromatic heterocycles. The molecule has 0 atom stereocenters. The van der Waals surface area contributed by atoms with Gasteiger partial charge in [0.15, 0.2) is 0 Å². The molecule has 1 fully saturated rings. The largest absolute Gasteiger partial charge is 0.359 e. The molecule has 1 aliphatic heterocycles. The summed E-state index contributed by atoms with van der Waals surface area (Å²) in [4.78, 5) is 23.4. The van der Waals surface area contributed by atoms with Gasteiger partial charge in [0.05, 0.1) is 20.8 Å². The molecule has 4 aromatic rings. The lowest BCUT2D eigenvalue weighted by atomic mass is 10.1. The maximum absolute atomic E-state index is 12.9. The normalized spacial score (nSPS) is 14.7. The molecule has 0 unspecified atom stereocenters. The summed E-state index contributed by atoms with van der Waals surface area (Å²) >= 11 is 1.53. The Morgan fingerprint density at radius 1 is 1.14 bits per heavy atom. The van der Waals surface area contributed by atoms with Crippen molar-refractivity contribution in [3.05, 3.63) is 53.2 Å². The molecule has 0 saturated carbocycles. The number of piperidine rings is 1. The number of carbonyl (C=O) groups excluding carboxylic acids is 1. The van der Waals surface area contributed by atoms with Crippen molar-refractivity contribution in [3.8, 4) is 0 Å². The predicted molar refractivity (Wildman–Crippen MR) is 116 cm³/mol. The van der Waals surface area contributed by atoms with Gasteiger partial charge in [-0.1, -0.05) is 0 Å². The number of carbonyl (C=O) groups is 1. The van der Waals surface area contributed by atoms with E-state index >= 15 is 0 Å². The van der Waals surface area contributed by atoms with Crippen molar-refractivity contribution < 1.29 is 4.79 Å². The number of nitrogens with zero attached hydrogens (tertiary/aromatic N) is 2. The molecule has 5 rings (SSSR count). The number of hydrogen-bond acceptors (Lipinski definition) is 4. The van der Waals surface area contributed by atoms with E-state index in [2.05, 4.69) is 46.5 Å². The number of aromatic amines is 1. The van der Waals surface area contributed by atoms with Crippen molar-refractivity contribution in [2.45, 2.75) is 26.2 Å². The van der Waals surface area contributed by atoms with Gasteiger partial charge in [-0.05, 0) is 62.6 Å². The lowest BCUT2D eigenvalue weighted by molar-refractivity contribution is 0.0729. The molecule has 28 heavy (non-hydrogen) atoms. The van der Waals surface area contributed by atoms with Gasteiger partial charge in [-0.2, -0.15) is 0 Å². The van der Waals surface area contributed by atoms with Gasteiger partial charge in [-0.25, -0.2) is 0 Å². The molecule has 142 valence electrons. The number of likely N-dealkylation sites (tertiary alicyclic amines) is 1. The van der Waals surface area contributed by atoms with E-state index in [0.717, 1.165) is 63.6 Å². The first-order valence-electron chi connectivity index (χ1n) is 9.71. The summed E-state index contributed by atoms with van der Waals surface area (Å²) < 4.78 is 1.02. The lowest BCUT2D eigenvalue weighted by Crippen LogP contribution is -2.35. The third-order valence-corrected chi connectivity index (χ3v) is 6.45. The second-order valence-electron chi connectivity index (χ2n) is 7.42. The summed E-state index contributed by atoms with van der Waals surface area (Å²) in [5, 5.41) is 4.69. The first-order chi connectivity index (χ1) is 13.7. The smallest absolute Gasteiger partial charge is 0.264 e. The van der Waals surface area contributed by atoms with Crippen LogP contribution >= 0.6 is 11.3 Å². The van der Waals surface area contributed by atoms with Gasteiger partial charge in [-0.15, -0.1) is 11.3 Å². The summed E-state index contributed by atoms with van der Waals surface area (Å²) in [5.41, 5.74) is 5.16. The molecule has 1 aromatic carbocycles. The van der Waals surface area contributed by atoms with E-state index in [9.17, 15) is 4.79 Å². The molecule has 0 bridgehead atoms. The molecule has 0 aliphatic carbocycles. The zero-order valence-electron chi connectivity index (χ0n) is 15.8. The number of aromatic nitrogens is 2. The Morgan fingerprint density at radius 3 is 2.86 bits per heavy atom. The van der Waals surface area contributed by atoms with E-state index in [1.807, 2.05) is 17.0 Å². The number of thiophene rings is 1. The van der Waals surface area contributed by atoms with Crippen LogP contribution in [0.5, 0.6) is 0 Å². The number of hydrogen-bond donors (Lipinski definition) is 2. The number of amides is 1. The molecule has 0 radical (unpaired) electrons. The number of nitrogens with one attached hydrogen (secondary N) is 2. The van der Waals surface area contributed by atoms with Crippen molar-refractivity contribution in [1.82, 2.24) is 14.9 Å². The minimum absolute atomic E-state index is 0.137. The maximum atomic E-state index is 12.9. The number of rotatable bonds is 3. The standard InChI is InChI=1S/C22H22N4OS/c1-14-11-15-12-16(5-6-17(15)24-14)25-18-7-8-23-19-13-20(28-21(18)19)22(27)26-9-3-2-4-10-26/h5-8,11-13,24H,2-4,9-10H2,1H3,(H,23,25). The van der Waals surface area contributed by atoms with Crippen LogP contribution in [0.25, 0.3) is 21.1 Å². The third-order valence-electron chi connectivity index (χ3n) is 5.30. The Hall–Kier alpha value is -2.86. The van der Waals surface area contributed by atoms with Gasteiger partial charge in [-0.3, -0.25) is 9.78 Å². The number of fused-ring (bicyclic) bond motifs is 2. The van der Waals surface area contributed by atoms with E-state index in [1.54, 1.807) is 6.20 Å². The molecule has 1 saturated heterocycles. The SMILES string of the molecule is Cc1cc2cc(Nc3ccnc4cc(C(=O)N5CCCCC5)sc34)ccc2[nH]1. The minimum atomic E-state index is 0.137. The average molecular weight is 391 g/mol. The Morgan fingerprint density at radius 2 is 2.00 bits per heavy atom. The average Bonchev–Trinajstić information content (AvgIpc) is 3.31. The highest BCUT2D eigenvalue weighted by molar-refractivity contribution is 7.21. The van der Waals surface area contributed by atoms with Gasteiger partial charge < -0.3 is 15.2 Å². The van der Waals surface area contributed by atoms with Crippen molar-refractivity contribution in [3.63, 3.8) is 0 Å². The zero-order chi connectivity index (χ0) is 19.1. The molecular formula is C22H22N4OS. The predicted octanol–water partition coefficient (Wildman–Crippen LogP) is 5.46. The number of benzene rings is 1. The van der Waals surface area contributed by atoms with Crippen molar-refractivity contribution in [2.75, 3.05) is 18.4 Å². The van der Waals surface area contributed by atoms with Crippen molar-refractivity contribution in [1.29, 1.82) is 0 Å². The van der Waals surface area contributed by atoms with Gasteiger partial charge >= 0.3 is 0 Å². The second-order valence-corrected chi connectivity index (χ2v) is 8.47. The topological polar surface area (TPSA) is 61.0 Å². The van der Waals surface area contributed by atoms with Gasteiger partial charge in [0.25, 0.3) is 5.91 Å². The van der Waals surface area contributed by atoms with Crippen LogP contribution in [0.2, 0.25) is 0 Å². The summed E-state index contributed by atoms with van der Waals surface area (Å²) in [6, 6.07) is 12.3. The fourth-order valence-corrected chi connectivity index (χ4v) is 4.96. The Bertz CT molecular complexity index is 1170. The molecule has 4 heterocycles. The summed E-state index contributed by atoms with van der Waals surface area (Å²) in [7, 11) is 0. The van der Waals surface area contributed by atoms with Gasteiger partial charge in [0, 0.05) is 41.6 Å². The fourth-order valence-electron chi connectivity index (χ4n) is 3.91. The van der Waals surface area contributed by atoms with E-state index in [4.69, 9.17) is 0 Å². The molecule has 5 nitrogen and oxygen atoms in total. The van der Waals surface area contributed by atoms with Crippen LogP contribution in [-0.4, -0.2) is 33.9 Å². The number of pyridine rings is 1. The van der Waals surface area contributed by atoms with E-state index in [0.29, 0.717) is 0 Å². The van der Waals surface area contributed by atoms with Crippen molar-refractivity contribution in [2.24, 2.45) is 0 Å². The zero-order valence-corrected chi connectivity index (χ0v) is 16.6. The Balaban J connectivity index is 1.47. The van der Waals surface area contributed by atoms with Crippen LogP contribution in [0.4, 0.5) is 11.4 Å². The van der Waals surface area contributed by atoms with Crippen LogP contribution < -0.4 is 5.32 Å². The highest BCUT2D eigenvalue weighted by Gasteiger charge is 2.21. The summed E-state index contributed by atoms with van der Waals surface area (Å²) in [6.45, 7) is 3.79. The van der Waals surface area contributed by atoms with Gasteiger partial charge in [0.2, 0.25) is 0 Å². The lowest BCUT2D eigenvalue weighted by Gasteiger charge is -2.26. The first kappa shape index (κ1) is 17.3. The van der Waals surface area contributed by atoms with Crippen LogP contribution in [0, 0.1) is 6.92 Å². The van der Waals surface area contributed by atoms with Gasteiger partial charge in [0.1, 0.15) is 0 Å². The fraction of sp³-hybridized carbons (Fsp3) is 0.273. The third kappa shape index (κ3) is 3.14. The van der Waals surface area contributed by atoms with Crippen LogP contribution in [0.1, 0.15) is 34.6 Å². The minimum Gasteiger partial charge on any atom is -0.359 e. The summed E-state index contributed by atoms with van der Waals surface area (Å²) in [6.07, 6.45) is 5.22. The number of anilines is 2. The number of H-pyrrole nitrogens is 1. The molecule has 2 N–H and O–H groups in total. The monoisotopic (exact) mass is 390 g/mol. The molecule has 6 heteroatoms. The quantitative estimate of drug-likeness (QED) is 0.489. The molecule has 0 spiro atoms. The Kier molecular flexibility index (Phi) is 4.28. The molecule has 1 aliphatic rings. The Labute approximate surface area is 167 Å². The maximum Gasteiger partial charge on any atom is 0.264 e. The van der Waals surface area contributed by atoms with E-state index in [1.165, 1.54) is 23.1 Å². The van der Waals surface area contributed by atoms with E-state index < -0.39 is 0 Å². The highest BCUT2D eigenvalue weighted by atomic mass is 32.1. The summed E-state index contributed by atoms with van der Waals surface area (Å²) in [5.74, 6) is 0.137. The van der Waals surface area contributed by atoms with Crippen molar-refractivity contribution >= 4 is 49.7 Å². The van der Waals surface area contributed by atoms with Crippen LogP contribution in [-0.2, 0) is 0 Å². The number of aryl methyl sites for hydroxylation is 1. The molecule has 1 amide bonds. The highest BCUT2D eigenvalue weighted by Crippen LogP contribution is 2.34. The van der Waals surface area contributed by atoms with E-state index in [-0.39, 0.29) is 5.91 Å². The second kappa shape index (κ2) is 6.95. The van der Waals surface area contributed by atoms with Crippen LogP contribution in [0.3, 0.4) is 0 Å².